The van der Waals surface area contributed by atoms with E-state index in [9.17, 15) is 27.5 Å². The number of hydrogen-bond donors (Lipinski definition) is 1. The van der Waals surface area contributed by atoms with Gasteiger partial charge in [-0.05, 0) is 30.7 Å². The third-order valence-corrected chi connectivity index (χ3v) is 3.08. The normalized spacial score (nSPS) is 12.7. The van der Waals surface area contributed by atoms with Gasteiger partial charge in [0.05, 0.1) is 11.1 Å². The molecule has 1 rings (SSSR count). The summed E-state index contributed by atoms with van der Waals surface area (Å²) < 4.78 is 52.2. The molecular formula is C16H14F4N2O2. The second-order valence-corrected chi connectivity index (χ2v) is 4.74. The highest BCUT2D eigenvalue weighted by molar-refractivity contribution is 5.91. The van der Waals surface area contributed by atoms with Crippen LogP contribution in [0.25, 0.3) is 0 Å². The Balaban J connectivity index is 3.40. The smallest absolute Gasteiger partial charge is 0.416 e. The predicted octanol–water partition coefficient (Wildman–Crippen LogP) is 4.00. The molecule has 1 aromatic carbocycles. The summed E-state index contributed by atoms with van der Waals surface area (Å²) in [6.45, 7) is 1.49. The molecule has 0 aliphatic rings. The first kappa shape index (κ1) is 19.2. The van der Waals surface area contributed by atoms with E-state index in [0.29, 0.717) is 6.08 Å². The fourth-order valence-corrected chi connectivity index (χ4v) is 1.87. The Kier molecular flexibility index (Phi) is 6.12. The number of carbonyl (C=O) groups is 1. The first-order chi connectivity index (χ1) is 11.1. The minimum Gasteiger partial charge on any atom is -0.477 e. The molecule has 0 bridgehead atoms. The summed E-state index contributed by atoms with van der Waals surface area (Å²) >= 11 is 0. The molecular weight excluding hydrogens is 328 g/mol. The Morgan fingerprint density at radius 3 is 2.50 bits per heavy atom. The van der Waals surface area contributed by atoms with E-state index in [1.165, 1.54) is 20.0 Å². The van der Waals surface area contributed by atoms with Gasteiger partial charge in [-0.3, -0.25) is 0 Å². The second-order valence-electron chi connectivity index (χ2n) is 4.74. The van der Waals surface area contributed by atoms with Gasteiger partial charge in [0, 0.05) is 12.7 Å². The summed E-state index contributed by atoms with van der Waals surface area (Å²) in [6.07, 6.45) is -3.28. The predicted molar refractivity (Wildman–Crippen MR) is 79.7 cm³/mol. The summed E-state index contributed by atoms with van der Waals surface area (Å²) in [5.74, 6) is -2.40. The monoisotopic (exact) mass is 342 g/mol. The summed E-state index contributed by atoms with van der Waals surface area (Å²) in [5, 5.41) is 18.0. The van der Waals surface area contributed by atoms with Gasteiger partial charge in [0.1, 0.15) is 17.6 Å². The highest BCUT2D eigenvalue weighted by Crippen LogP contribution is 2.29. The number of anilines is 1. The maximum absolute atomic E-state index is 13.3. The van der Waals surface area contributed by atoms with E-state index in [4.69, 9.17) is 5.26 Å². The maximum atomic E-state index is 13.3. The third kappa shape index (κ3) is 4.59. The minimum atomic E-state index is -4.71. The SMILES string of the molecule is CC/C=C(/C=C(/C(=O)O)N(C)c1ccc(F)c(C#N)c1)C(F)(F)F. The van der Waals surface area contributed by atoms with Crippen LogP contribution in [0.15, 0.2) is 41.6 Å². The van der Waals surface area contributed by atoms with Gasteiger partial charge >= 0.3 is 12.1 Å². The van der Waals surface area contributed by atoms with Crippen molar-refractivity contribution in [3.05, 3.63) is 53.0 Å². The number of nitrogens with zero attached hydrogens (tertiary/aromatic N) is 2. The lowest BCUT2D eigenvalue weighted by Gasteiger charge is -2.21. The number of allylic oxidation sites excluding steroid dienone is 3. The van der Waals surface area contributed by atoms with Gasteiger partial charge in [-0.2, -0.15) is 18.4 Å². The second kappa shape index (κ2) is 7.64. The first-order valence-corrected chi connectivity index (χ1v) is 6.77. The van der Waals surface area contributed by atoms with E-state index in [1.807, 2.05) is 0 Å². The van der Waals surface area contributed by atoms with E-state index in [-0.39, 0.29) is 17.7 Å². The van der Waals surface area contributed by atoms with Gasteiger partial charge in [-0.15, -0.1) is 0 Å². The Hall–Kier alpha value is -2.82. The highest BCUT2D eigenvalue weighted by atomic mass is 19.4. The Morgan fingerprint density at radius 2 is 2.04 bits per heavy atom. The zero-order chi connectivity index (χ0) is 18.5. The largest absolute Gasteiger partial charge is 0.477 e. The Labute approximate surface area is 135 Å². The summed E-state index contributed by atoms with van der Waals surface area (Å²) in [6, 6.07) is 4.75. The van der Waals surface area contributed by atoms with Crippen molar-refractivity contribution in [2.24, 2.45) is 0 Å². The fraction of sp³-hybridized carbons (Fsp3) is 0.250. The number of hydrogen-bond acceptors (Lipinski definition) is 3. The summed E-state index contributed by atoms with van der Waals surface area (Å²) in [7, 11) is 1.22. The van der Waals surface area contributed by atoms with Gasteiger partial charge in [0.25, 0.3) is 0 Å². The number of carboxylic acids is 1. The van der Waals surface area contributed by atoms with Crippen molar-refractivity contribution in [2.45, 2.75) is 19.5 Å². The van der Waals surface area contributed by atoms with Crippen molar-refractivity contribution in [3.63, 3.8) is 0 Å². The maximum Gasteiger partial charge on any atom is 0.416 e. The van der Waals surface area contributed by atoms with Crippen LogP contribution in [0, 0.1) is 17.1 Å². The fourth-order valence-electron chi connectivity index (χ4n) is 1.87. The zero-order valence-electron chi connectivity index (χ0n) is 12.9. The molecule has 24 heavy (non-hydrogen) atoms. The van der Waals surface area contributed by atoms with Gasteiger partial charge in [0.2, 0.25) is 0 Å². The van der Waals surface area contributed by atoms with Crippen molar-refractivity contribution in [1.82, 2.24) is 0 Å². The van der Waals surface area contributed by atoms with Crippen molar-refractivity contribution >= 4 is 11.7 Å². The van der Waals surface area contributed by atoms with Crippen LogP contribution in [0.2, 0.25) is 0 Å². The number of benzene rings is 1. The van der Waals surface area contributed by atoms with Crippen LogP contribution < -0.4 is 4.90 Å². The van der Waals surface area contributed by atoms with Crippen LogP contribution in [-0.4, -0.2) is 24.3 Å². The average molecular weight is 342 g/mol. The van der Waals surface area contributed by atoms with E-state index in [2.05, 4.69) is 0 Å². The van der Waals surface area contributed by atoms with E-state index < -0.39 is 29.2 Å². The third-order valence-electron chi connectivity index (χ3n) is 3.08. The molecule has 0 heterocycles. The zero-order valence-corrected chi connectivity index (χ0v) is 12.9. The number of rotatable bonds is 5. The Bertz CT molecular complexity index is 731. The van der Waals surface area contributed by atoms with Crippen molar-refractivity contribution in [1.29, 1.82) is 5.26 Å². The molecule has 0 atom stereocenters. The number of aliphatic carboxylic acids is 1. The van der Waals surface area contributed by atoms with Gasteiger partial charge in [-0.1, -0.05) is 13.0 Å². The standard InChI is InChI=1S/C16H14F4N2O2/c1-3-4-11(16(18,19)20)8-14(15(23)24)22(2)12-5-6-13(17)10(7-12)9-21/h4-8H,3H2,1-2H3,(H,23,24)/b11-4-,14-8-. The van der Waals surface area contributed by atoms with Crippen LogP contribution >= 0.6 is 0 Å². The molecule has 4 nitrogen and oxygen atoms in total. The van der Waals surface area contributed by atoms with Gasteiger partial charge < -0.3 is 10.0 Å². The number of alkyl halides is 3. The molecule has 0 amide bonds. The lowest BCUT2D eigenvalue weighted by Crippen LogP contribution is -2.24. The molecule has 0 fully saturated rings. The van der Waals surface area contributed by atoms with Crippen LogP contribution in [0.3, 0.4) is 0 Å². The molecule has 0 spiro atoms. The number of nitriles is 1. The summed E-state index contributed by atoms with van der Waals surface area (Å²) in [5.41, 5.74) is -2.04. The van der Waals surface area contributed by atoms with E-state index >= 15 is 0 Å². The van der Waals surface area contributed by atoms with Crippen LogP contribution in [0.4, 0.5) is 23.2 Å². The minimum absolute atomic E-state index is 0.0666. The molecule has 0 aliphatic heterocycles. The highest BCUT2D eigenvalue weighted by Gasteiger charge is 2.33. The van der Waals surface area contributed by atoms with Crippen LogP contribution in [0.5, 0.6) is 0 Å². The average Bonchev–Trinajstić information content (AvgIpc) is 2.49. The van der Waals surface area contributed by atoms with Crippen molar-refractivity contribution in [3.8, 4) is 6.07 Å². The molecule has 1 aromatic rings. The van der Waals surface area contributed by atoms with Gasteiger partial charge in [-0.25, -0.2) is 9.18 Å². The number of likely N-dealkylation sites (N-methyl/N-ethyl adjacent to an activating group) is 1. The molecule has 0 saturated carbocycles. The quantitative estimate of drug-likeness (QED) is 0.499. The number of carboxylic acid groups (broad SMARTS) is 1. The molecule has 0 saturated heterocycles. The van der Waals surface area contributed by atoms with Crippen molar-refractivity contribution < 1.29 is 27.5 Å². The van der Waals surface area contributed by atoms with Crippen molar-refractivity contribution in [2.75, 3.05) is 11.9 Å². The summed E-state index contributed by atoms with van der Waals surface area (Å²) in [4.78, 5) is 12.3. The Morgan fingerprint density at radius 1 is 1.42 bits per heavy atom. The van der Waals surface area contributed by atoms with Gasteiger partial charge in [0.15, 0.2) is 0 Å². The first-order valence-electron chi connectivity index (χ1n) is 6.77. The van der Waals surface area contributed by atoms with Crippen LogP contribution in [0.1, 0.15) is 18.9 Å². The molecule has 1 N–H and O–H groups in total. The lowest BCUT2D eigenvalue weighted by molar-refractivity contribution is -0.132. The lowest BCUT2D eigenvalue weighted by atomic mass is 10.1. The molecule has 0 aliphatic carbocycles. The molecule has 0 radical (unpaired) electrons. The number of halogens is 4. The molecule has 0 aromatic heterocycles. The van der Waals surface area contributed by atoms with E-state index in [0.717, 1.165) is 23.1 Å². The van der Waals surface area contributed by atoms with E-state index in [1.54, 1.807) is 6.07 Å². The molecule has 128 valence electrons. The molecule has 0 unspecified atom stereocenters. The topological polar surface area (TPSA) is 64.3 Å². The molecule has 8 heteroatoms. The van der Waals surface area contributed by atoms with Crippen LogP contribution in [-0.2, 0) is 4.79 Å².